The Hall–Kier alpha value is -2.15. The lowest BCUT2D eigenvalue weighted by atomic mass is 10.4. The second-order valence-electron chi connectivity index (χ2n) is 4.38. The molecule has 0 bridgehead atoms. The molecule has 0 aliphatic rings. The standard InChI is InChI=1S/C13H12BrN5O/c1-18-8-9(14)6-10(18)13(20)15-7-12-17-16-11-4-2-3-5-19(11)12/h2-6,8H,7H2,1H3,(H,15,20). The van der Waals surface area contributed by atoms with Crippen molar-refractivity contribution in [3.8, 4) is 0 Å². The molecule has 0 atom stereocenters. The zero-order chi connectivity index (χ0) is 14.1. The first-order chi connectivity index (χ1) is 9.65. The zero-order valence-electron chi connectivity index (χ0n) is 10.7. The highest BCUT2D eigenvalue weighted by Gasteiger charge is 2.12. The molecule has 102 valence electrons. The van der Waals surface area contributed by atoms with Crippen molar-refractivity contribution in [3.63, 3.8) is 0 Å². The molecular formula is C13H12BrN5O. The minimum absolute atomic E-state index is 0.147. The van der Waals surface area contributed by atoms with Crippen LogP contribution < -0.4 is 5.32 Å². The number of aromatic nitrogens is 4. The van der Waals surface area contributed by atoms with Crippen LogP contribution in [0.1, 0.15) is 16.3 Å². The first-order valence-electron chi connectivity index (χ1n) is 6.04. The largest absolute Gasteiger partial charge is 0.345 e. The average molecular weight is 334 g/mol. The Bertz CT molecular complexity index is 776. The number of nitrogens with zero attached hydrogens (tertiary/aromatic N) is 4. The molecule has 0 aliphatic carbocycles. The quantitative estimate of drug-likeness (QED) is 0.794. The Labute approximate surface area is 123 Å². The van der Waals surface area contributed by atoms with Crippen molar-refractivity contribution in [2.24, 2.45) is 7.05 Å². The lowest BCUT2D eigenvalue weighted by Crippen LogP contribution is -2.25. The molecule has 1 N–H and O–H groups in total. The van der Waals surface area contributed by atoms with Crippen LogP contribution in [0.5, 0.6) is 0 Å². The minimum atomic E-state index is -0.147. The van der Waals surface area contributed by atoms with Crippen LogP contribution in [0.2, 0.25) is 0 Å². The molecule has 3 aromatic heterocycles. The second kappa shape index (κ2) is 5.09. The third-order valence-electron chi connectivity index (χ3n) is 3.00. The number of pyridine rings is 1. The van der Waals surface area contributed by atoms with Crippen molar-refractivity contribution >= 4 is 27.5 Å². The smallest absolute Gasteiger partial charge is 0.268 e. The first kappa shape index (κ1) is 12.9. The van der Waals surface area contributed by atoms with Gasteiger partial charge < -0.3 is 9.88 Å². The van der Waals surface area contributed by atoms with Gasteiger partial charge >= 0.3 is 0 Å². The number of amides is 1. The maximum atomic E-state index is 12.1. The number of fused-ring (bicyclic) bond motifs is 1. The lowest BCUT2D eigenvalue weighted by molar-refractivity contribution is 0.0941. The fraction of sp³-hybridized carbons (Fsp3) is 0.154. The van der Waals surface area contributed by atoms with E-state index in [2.05, 4.69) is 31.4 Å². The van der Waals surface area contributed by atoms with Crippen molar-refractivity contribution in [2.75, 3.05) is 0 Å². The van der Waals surface area contributed by atoms with Crippen LogP contribution in [0.25, 0.3) is 5.65 Å². The molecule has 0 saturated carbocycles. The number of rotatable bonds is 3. The number of carbonyl (C=O) groups is 1. The zero-order valence-corrected chi connectivity index (χ0v) is 12.3. The van der Waals surface area contributed by atoms with Gasteiger partial charge in [0.25, 0.3) is 5.91 Å². The minimum Gasteiger partial charge on any atom is -0.345 e. The predicted octanol–water partition coefficient (Wildman–Crippen LogP) is 1.76. The molecule has 0 radical (unpaired) electrons. The Morgan fingerprint density at radius 1 is 1.40 bits per heavy atom. The molecular weight excluding hydrogens is 322 g/mol. The fourth-order valence-corrected chi connectivity index (χ4v) is 2.54. The van der Waals surface area contributed by atoms with E-state index in [1.807, 2.05) is 42.0 Å². The Balaban J connectivity index is 1.76. The molecule has 3 heterocycles. The summed E-state index contributed by atoms with van der Waals surface area (Å²) >= 11 is 3.35. The van der Waals surface area contributed by atoms with Crippen molar-refractivity contribution < 1.29 is 4.79 Å². The van der Waals surface area contributed by atoms with Gasteiger partial charge in [0.2, 0.25) is 0 Å². The summed E-state index contributed by atoms with van der Waals surface area (Å²) in [5, 5.41) is 11.0. The number of aryl methyl sites for hydroxylation is 1. The van der Waals surface area contributed by atoms with E-state index in [-0.39, 0.29) is 5.91 Å². The van der Waals surface area contributed by atoms with Gasteiger partial charge in [0.1, 0.15) is 5.69 Å². The third-order valence-corrected chi connectivity index (χ3v) is 3.43. The summed E-state index contributed by atoms with van der Waals surface area (Å²) in [7, 11) is 1.83. The summed E-state index contributed by atoms with van der Waals surface area (Å²) in [4.78, 5) is 12.1. The highest BCUT2D eigenvalue weighted by atomic mass is 79.9. The van der Waals surface area contributed by atoms with Gasteiger partial charge in [-0.1, -0.05) is 6.07 Å². The van der Waals surface area contributed by atoms with Crippen LogP contribution >= 0.6 is 15.9 Å². The number of hydrogen-bond acceptors (Lipinski definition) is 3. The van der Waals surface area contributed by atoms with E-state index in [0.717, 1.165) is 10.1 Å². The molecule has 1 amide bonds. The second-order valence-corrected chi connectivity index (χ2v) is 5.30. The molecule has 20 heavy (non-hydrogen) atoms. The summed E-state index contributed by atoms with van der Waals surface area (Å²) in [5.41, 5.74) is 1.35. The van der Waals surface area contributed by atoms with E-state index < -0.39 is 0 Å². The van der Waals surface area contributed by atoms with Crippen molar-refractivity contribution in [3.05, 3.63) is 52.7 Å². The molecule has 0 saturated heterocycles. The van der Waals surface area contributed by atoms with E-state index in [1.165, 1.54) is 0 Å². The van der Waals surface area contributed by atoms with E-state index in [9.17, 15) is 4.79 Å². The van der Waals surface area contributed by atoms with Crippen molar-refractivity contribution in [1.82, 2.24) is 24.5 Å². The highest BCUT2D eigenvalue weighted by molar-refractivity contribution is 9.10. The van der Waals surface area contributed by atoms with E-state index in [4.69, 9.17) is 0 Å². The van der Waals surface area contributed by atoms with Gasteiger partial charge in [0.05, 0.1) is 6.54 Å². The number of halogens is 1. The molecule has 3 aromatic rings. The molecule has 0 unspecified atom stereocenters. The van der Waals surface area contributed by atoms with Gasteiger partial charge in [-0.2, -0.15) is 0 Å². The Kier molecular flexibility index (Phi) is 3.27. The van der Waals surface area contributed by atoms with Crippen LogP contribution in [0.4, 0.5) is 0 Å². The molecule has 3 rings (SSSR count). The van der Waals surface area contributed by atoms with Gasteiger partial charge in [-0.25, -0.2) is 0 Å². The summed E-state index contributed by atoms with van der Waals surface area (Å²) in [6.45, 7) is 0.326. The SMILES string of the molecule is Cn1cc(Br)cc1C(=O)NCc1nnc2ccccn12. The topological polar surface area (TPSA) is 64.2 Å². The van der Waals surface area contributed by atoms with Crippen LogP contribution in [0.15, 0.2) is 41.1 Å². The van der Waals surface area contributed by atoms with Crippen LogP contribution in [0, 0.1) is 0 Å². The normalized spacial score (nSPS) is 10.9. The molecule has 0 spiro atoms. The summed E-state index contributed by atoms with van der Waals surface area (Å²) < 4.78 is 4.49. The van der Waals surface area contributed by atoms with Crippen LogP contribution in [0.3, 0.4) is 0 Å². The average Bonchev–Trinajstić information content (AvgIpc) is 2.99. The van der Waals surface area contributed by atoms with Gasteiger partial charge in [-0.3, -0.25) is 9.20 Å². The van der Waals surface area contributed by atoms with Crippen LogP contribution in [-0.4, -0.2) is 25.1 Å². The molecule has 6 nitrogen and oxygen atoms in total. The van der Waals surface area contributed by atoms with Crippen molar-refractivity contribution in [2.45, 2.75) is 6.54 Å². The van der Waals surface area contributed by atoms with Gasteiger partial charge in [-0.05, 0) is 34.1 Å². The summed E-state index contributed by atoms with van der Waals surface area (Å²) in [6.07, 6.45) is 3.71. The van der Waals surface area contributed by atoms with E-state index >= 15 is 0 Å². The molecule has 7 heteroatoms. The predicted molar refractivity (Wildman–Crippen MR) is 77.3 cm³/mol. The fourth-order valence-electron chi connectivity index (χ4n) is 2.01. The number of hydrogen-bond donors (Lipinski definition) is 1. The van der Waals surface area contributed by atoms with Crippen LogP contribution in [-0.2, 0) is 13.6 Å². The van der Waals surface area contributed by atoms with Gasteiger partial charge in [-0.15, -0.1) is 10.2 Å². The maximum absolute atomic E-state index is 12.1. The monoisotopic (exact) mass is 333 g/mol. The lowest BCUT2D eigenvalue weighted by Gasteiger charge is -2.05. The molecule has 0 fully saturated rings. The molecule has 0 aromatic carbocycles. The Morgan fingerprint density at radius 2 is 2.25 bits per heavy atom. The van der Waals surface area contributed by atoms with Crippen molar-refractivity contribution in [1.29, 1.82) is 0 Å². The third kappa shape index (κ3) is 2.32. The van der Waals surface area contributed by atoms with E-state index in [1.54, 1.807) is 10.6 Å². The summed E-state index contributed by atoms with van der Waals surface area (Å²) in [6, 6.07) is 7.44. The Morgan fingerprint density at radius 3 is 3.00 bits per heavy atom. The first-order valence-corrected chi connectivity index (χ1v) is 6.83. The number of nitrogens with one attached hydrogen (secondary N) is 1. The maximum Gasteiger partial charge on any atom is 0.268 e. The van der Waals surface area contributed by atoms with Gasteiger partial charge in [0.15, 0.2) is 11.5 Å². The highest BCUT2D eigenvalue weighted by Crippen LogP contribution is 2.13. The summed E-state index contributed by atoms with van der Waals surface area (Å²) in [5.74, 6) is 0.549. The van der Waals surface area contributed by atoms with E-state index in [0.29, 0.717) is 18.1 Å². The molecule has 0 aliphatic heterocycles. The van der Waals surface area contributed by atoms with Gasteiger partial charge in [0, 0.05) is 23.9 Å². The number of carbonyl (C=O) groups excluding carboxylic acids is 1.